The van der Waals surface area contributed by atoms with E-state index in [4.69, 9.17) is 9.47 Å². The molecule has 30 heavy (non-hydrogen) atoms. The molecule has 0 bridgehead atoms. The minimum atomic E-state index is -0.568. The highest BCUT2D eigenvalue weighted by Crippen LogP contribution is 2.38. The van der Waals surface area contributed by atoms with Gasteiger partial charge in [-0.2, -0.15) is 0 Å². The molecule has 0 spiro atoms. The van der Waals surface area contributed by atoms with Crippen LogP contribution in [0.15, 0.2) is 42.5 Å². The van der Waals surface area contributed by atoms with Gasteiger partial charge in [-0.3, -0.25) is 4.79 Å². The molecule has 0 amide bonds. The van der Waals surface area contributed by atoms with E-state index < -0.39 is 6.10 Å². The number of Topliss-reactive ketones (excluding diaryl/α,β-unsaturated/α-hetero) is 1. The topological polar surface area (TPSA) is 59.0 Å². The molecule has 0 aliphatic heterocycles. The van der Waals surface area contributed by atoms with Crippen LogP contribution in [-0.2, 0) is 17.8 Å². The number of carbonyl (C=O) groups is 1. The largest absolute Gasteiger partial charge is 0.493 e. The molecule has 1 aliphatic carbocycles. The first kappa shape index (κ1) is 22.3. The highest BCUT2D eigenvalue weighted by Gasteiger charge is 2.34. The van der Waals surface area contributed by atoms with Crippen LogP contribution in [0.1, 0.15) is 41.9 Å². The third-order valence-electron chi connectivity index (χ3n) is 6.00. The third kappa shape index (κ3) is 5.41. The molecule has 1 N–H and O–H groups in total. The Labute approximate surface area is 179 Å². The van der Waals surface area contributed by atoms with Gasteiger partial charge in [0.1, 0.15) is 5.78 Å². The molecule has 1 aliphatic rings. The smallest absolute Gasteiger partial charge is 0.161 e. The molecule has 3 atom stereocenters. The van der Waals surface area contributed by atoms with Gasteiger partial charge in [0.05, 0.1) is 20.3 Å². The number of carbonyl (C=O) groups excluding carboxylic acids is 1. The molecule has 1 saturated carbocycles. The summed E-state index contributed by atoms with van der Waals surface area (Å²) in [6.45, 7) is 0.913. The lowest BCUT2D eigenvalue weighted by Gasteiger charge is -2.33. The quantitative estimate of drug-likeness (QED) is 0.716. The summed E-state index contributed by atoms with van der Waals surface area (Å²) in [6, 6.07) is 14.2. The molecule has 0 saturated heterocycles. The van der Waals surface area contributed by atoms with Crippen LogP contribution >= 0.6 is 0 Å². The molecule has 1 fully saturated rings. The molecule has 2 aromatic rings. The zero-order valence-electron chi connectivity index (χ0n) is 18.4. The fraction of sp³-hybridized carbons (Fsp3) is 0.480. The van der Waals surface area contributed by atoms with Crippen molar-refractivity contribution in [2.24, 2.45) is 5.92 Å². The number of benzene rings is 2. The Morgan fingerprint density at radius 3 is 2.30 bits per heavy atom. The lowest BCUT2D eigenvalue weighted by molar-refractivity contribution is -0.127. The zero-order chi connectivity index (χ0) is 21.7. The molecular weight excluding hydrogens is 378 g/mol. The number of ether oxygens (including phenoxy) is 2. The number of nitrogens with zero attached hydrogens (tertiary/aromatic N) is 1. The van der Waals surface area contributed by atoms with Crippen molar-refractivity contribution in [3.8, 4) is 11.5 Å². The fourth-order valence-electron chi connectivity index (χ4n) is 4.39. The molecular formula is C25H33NO4. The van der Waals surface area contributed by atoms with E-state index in [1.807, 2.05) is 18.2 Å². The monoisotopic (exact) mass is 411 g/mol. The van der Waals surface area contributed by atoms with Gasteiger partial charge in [-0.15, -0.1) is 0 Å². The van der Waals surface area contributed by atoms with Crippen molar-refractivity contribution in [3.05, 3.63) is 59.2 Å². The van der Waals surface area contributed by atoms with Crippen LogP contribution in [0.25, 0.3) is 0 Å². The van der Waals surface area contributed by atoms with Gasteiger partial charge in [-0.05, 0) is 68.1 Å². The van der Waals surface area contributed by atoms with Crippen molar-refractivity contribution in [2.45, 2.75) is 44.2 Å². The SMILES string of the molecule is COc1ccc(CC(=O)C2CC(c3ccc(CN(C)C)cc3)CCC2O)cc1OC. The predicted molar refractivity (Wildman–Crippen MR) is 118 cm³/mol. The maximum atomic E-state index is 13.0. The minimum absolute atomic E-state index is 0.0867. The van der Waals surface area contributed by atoms with Gasteiger partial charge in [0.2, 0.25) is 0 Å². The van der Waals surface area contributed by atoms with Crippen molar-refractivity contribution in [3.63, 3.8) is 0 Å². The van der Waals surface area contributed by atoms with Gasteiger partial charge in [-0.25, -0.2) is 0 Å². The number of hydrogen-bond acceptors (Lipinski definition) is 5. The summed E-state index contributed by atoms with van der Waals surface area (Å²) in [6.07, 6.45) is 1.99. The second kappa shape index (κ2) is 10.1. The van der Waals surface area contributed by atoms with E-state index in [9.17, 15) is 9.90 Å². The van der Waals surface area contributed by atoms with Crippen LogP contribution in [0, 0.1) is 5.92 Å². The lowest BCUT2D eigenvalue weighted by atomic mass is 9.74. The standard InChI is InChI=1S/C25H33NO4/c1-26(2)16-17-5-8-19(9-6-17)20-10-11-22(27)21(15-20)23(28)13-18-7-12-24(29-3)25(14-18)30-4/h5-9,12,14,20-22,27H,10-11,13,15-16H2,1-4H3. The van der Waals surface area contributed by atoms with Gasteiger partial charge >= 0.3 is 0 Å². The Hall–Kier alpha value is -2.37. The number of aliphatic hydroxyl groups is 1. The van der Waals surface area contributed by atoms with E-state index in [0.717, 1.165) is 18.5 Å². The minimum Gasteiger partial charge on any atom is -0.493 e. The predicted octanol–water partition coefficient (Wildman–Crippen LogP) is 3.82. The lowest BCUT2D eigenvalue weighted by Crippen LogP contribution is -2.35. The van der Waals surface area contributed by atoms with Gasteiger partial charge in [0.15, 0.2) is 11.5 Å². The average Bonchev–Trinajstić information content (AvgIpc) is 2.74. The molecule has 5 heteroatoms. The Morgan fingerprint density at radius 2 is 1.67 bits per heavy atom. The third-order valence-corrected chi connectivity index (χ3v) is 6.00. The van der Waals surface area contributed by atoms with Crippen LogP contribution in [0.2, 0.25) is 0 Å². The Balaban J connectivity index is 1.68. The molecule has 162 valence electrons. The Bertz CT molecular complexity index is 847. The Kier molecular flexibility index (Phi) is 7.51. The first-order valence-electron chi connectivity index (χ1n) is 10.6. The Morgan fingerprint density at radius 1 is 1.00 bits per heavy atom. The summed E-state index contributed by atoms with van der Waals surface area (Å²) in [7, 11) is 7.30. The number of aliphatic hydroxyl groups excluding tert-OH is 1. The van der Waals surface area contributed by atoms with E-state index in [0.29, 0.717) is 30.3 Å². The fourth-order valence-corrected chi connectivity index (χ4v) is 4.39. The van der Waals surface area contributed by atoms with Gasteiger partial charge in [-0.1, -0.05) is 30.3 Å². The van der Waals surface area contributed by atoms with E-state index in [-0.39, 0.29) is 18.1 Å². The molecule has 0 heterocycles. The zero-order valence-corrected chi connectivity index (χ0v) is 18.4. The number of hydrogen-bond donors (Lipinski definition) is 1. The molecule has 0 radical (unpaired) electrons. The van der Waals surface area contributed by atoms with Gasteiger partial charge in [0, 0.05) is 18.9 Å². The van der Waals surface area contributed by atoms with Crippen molar-refractivity contribution in [2.75, 3.05) is 28.3 Å². The summed E-state index contributed by atoms with van der Waals surface area (Å²) in [5.41, 5.74) is 3.41. The van der Waals surface area contributed by atoms with Crippen LogP contribution in [0.4, 0.5) is 0 Å². The second-order valence-electron chi connectivity index (χ2n) is 8.50. The van der Waals surface area contributed by atoms with E-state index in [1.165, 1.54) is 11.1 Å². The van der Waals surface area contributed by atoms with Crippen LogP contribution in [-0.4, -0.2) is 50.2 Å². The van der Waals surface area contributed by atoms with E-state index in [2.05, 4.69) is 43.3 Å². The van der Waals surface area contributed by atoms with Gasteiger partial charge in [0.25, 0.3) is 0 Å². The average molecular weight is 412 g/mol. The molecule has 2 aromatic carbocycles. The first-order valence-corrected chi connectivity index (χ1v) is 10.6. The summed E-state index contributed by atoms with van der Waals surface area (Å²) in [4.78, 5) is 15.2. The second-order valence-corrected chi connectivity index (χ2v) is 8.50. The highest BCUT2D eigenvalue weighted by molar-refractivity contribution is 5.84. The summed E-state index contributed by atoms with van der Waals surface area (Å²) in [5.74, 6) is 1.31. The first-order chi connectivity index (χ1) is 14.4. The molecule has 0 aromatic heterocycles. The maximum absolute atomic E-state index is 13.0. The van der Waals surface area contributed by atoms with Gasteiger partial charge < -0.3 is 19.5 Å². The molecule has 3 unspecified atom stereocenters. The summed E-state index contributed by atoms with van der Waals surface area (Å²) in [5, 5.41) is 10.5. The number of rotatable bonds is 8. The molecule has 3 rings (SSSR count). The number of methoxy groups -OCH3 is 2. The van der Waals surface area contributed by atoms with Crippen LogP contribution < -0.4 is 9.47 Å². The summed E-state index contributed by atoms with van der Waals surface area (Å²) >= 11 is 0. The maximum Gasteiger partial charge on any atom is 0.161 e. The summed E-state index contributed by atoms with van der Waals surface area (Å²) < 4.78 is 10.6. The van der Waals surface area contributed by atoms with Crippen molar-refractivity contribution in [1.29, 1.82) is 0 Å². The van der Waals surface area contributed by atoms with Crippen LogP contribution in [0.5, 0.6) is 11.5 Å². The van der Waals surface area contributed by atoms with Crippen molar-refractivity contribution in [1.82, 2.24) is 4.90 Å². The molecule has 5 nitrogen and oxygen atoms in total. The van der Waals surface area contributed by atoms with E-state index in [1.54, 1.807) is 14.2 Å². The number of ketones is 1. The highest BCUT2D eigenvalue weighted by atomic mass is 16.5. The van der Waals surface area contributed by atoms with Crippen molar-refractivity contribution < 1.29 is 19.4 Å². The van der Waals surface area contributed by atoms with Crippen LogP contribution in [0.3, 0.4) is 0 Å². The van der Waals surface area contributed by atoms with E-state index >= 15 is 0 Å². The van der Waals surface area contributed by atoms with Crippen molar-refractivity contribution >= 4 is 5.78 Å². The normalized spacial score (nSPS) is 21.5.